The number of carbonyl (C=O) groups is 1. The Morgan fingerprint density at radius 2 is 1.80 bits per heavy atom. The smallest absolute Gasteiger partial charge is 0.256 e. The summed E-state index contributed by atoms with van der Waals surface area (Å²) < 4.78 is 27.1. The Bertz CT molecular complexity index is 689. The Morgan fingerprint density at radius 3 is 2.45 bits per heavy atom. The number of rotatable bonds is 2. The first-order valence-corrected chi connectivity index (χ1v) is 7.19. The number of benzene rings is 2. The van der Waals surface area contributed by atoms with Crippen LogP contribution < -0.4 is 5.32 Å². The summed E-state index contributed by atoms with van der Waals surface area (Å²) in [5.74, 6) is -1.36. The second kappa shape index (κ2) is 6.01. The van der Waals surface area contributed by atoms with Gasteiger partial charge in [0.15, 0.2) is 0 Å². The van der Waals surface area contributed by atoms with Gasteiger partial charge in [-0.05, 0) is 74.7 Å². The number of hydrogen-bond donors (Lipinski definition) is 1. The minimum absolute atomic E-state index is 0.272. The van der Waals surface area contributed by atoms with E-state index in [0.717, 1.165) is 0 Å². The molecule has 0 unspecified atom stereocenters. The molecule has 0 fully saturated rings. The maximum absolute atomic E-state index is 13.5. The highest BCUT2D eigenvalue weighted by molar-refractivity contribution is 9.10. The highest BCUT2D eigenvalue weighted by Crippen LogP contribution is 2.25. The van der Waals surface area contributed by atoms with Crippen molar-refractivity contribution in [2.75, 3.05) is 5.32 Å². The first-order valence-electron chi connectivity index (χ1n) is 5.60. The van der Waals surface area contributed by atoms with Crippen molar-refractivity contribution in [2.45, 2.75) is 6.92 Å². The molecule has 0 heterocycles. The zero-order valence-electron chi connectivity index (χ0n) is 10.3. The summed E-state index contributed by atoms with van der Waals surface area (Å²) in [4.78, 5) is 12.1. The van der Waals surface area contributed by atoms with Crippen molar-refractivity contribution in [3.05, 3.63) is 62.0 Å². The first kappa shape index (κ1) is 15.1. The van der Waals surface area contributed by atoms with E-state index in [1.165, 1.54) is 24.3 Å². The highest BCUT2D eigenvalue weighted by Gasteiger charge is 2.13. The second-order valence-corrected chi connectivity index (χ2v) is 5.87. The third-order valence-corrected chi connectivity index (χ3v) is 3.96. The van der Waals surface area contributed by atoms with Crippen LogP contribution in [0.1, 0.15) is 15.9 Å². The van der Waals surface area contributed by atoms with Gasteiger partial charge in [-0.2, -0.15) is 0 Å². The molecule has 104 valence electrons. The van der Waals surface area contributed by atoms with Gasteiger partial charge in [0, 0.05) is 10.2 Å². The Morgan fingerprint density at radius 1 is 1.10 bits per heavy atom. The lowest BCUT2D eigenvalue weighted by molar-refractivity contribution is 0.102. The van der Waals surface area contributed by atoms with Gasteiger partial charge in [-0.15, -0.1) is 0 Å². The Labute approximate surface area is 131 Å². The fraction of sp³-hybridized carbons (Fsp3) is 0.0714. The number of amides is 1. The number of hydrogen-bond acceptors (Lipinski definition) is 1. The van der Waals surface area contributed by atoms with Gasteiger partial charge in [0.25, 0.3) is 5.91 Å². The molecule has 0 aliphatic heterocycles. The van der Waals surface area contributed by atoms with Gasteiger partial charge in [-0.1, -0.05) is 0 Å². The zero-order chi connectivity index (χ0) is 14.9. The van der Waals surface area contributed by atoms with Crippen LogP contribution in [-0.2, 0) is 0 Å². The Balaban J connectivity index is 2.30. The van der Waals surface area contributed by atoms with Crippen molar-refractivity contribution < 1.29 is 13.6 Å². The van der Waals surface area contributed by atoms with Gasteiger partial charge in [-0.3, -0.25) is 4.79 Å². The summed E-state index contributed by atoms with van der Waals surface area (Å²) in [5.41, 5.74) is 1.35. The third kappa shape index (κ3) is 3.24. The van der Waals surface area contributed by atoms with Gasteiger partial charge in [0.05, 0.1) is 10.0 Å². The molecule has 0 bridgehead atoms. The number of halogens is 4. The van der Waals surface area contributed by atoms with Gasteiger partial charge in [-0.25, -0.2) is 8.78 Å². The summed E-state index contributed by atoms with van der Waals surface area (Å²) in [6, 6.07) is 6.55. The molecule has 0 spiro atoms. The molecule has 1 N–H and O–H groups in total. The molecule has 6 heteroatoms. The van der Waals surface area contributed by atoms with E-state index in [4.69, 9.17) is 0 Å². The zero-order valence-corrected chi connectivity index (χ0v) is 13.5. The minimum atomic E-state index is -0.468. The fourth-order valence-corrected chi connectivity index (χ4v) is 2.63. The second-order valence-electron chi connectivity index (χ2n) is 4.16. The topological polar surface area (TPSA) is 29.1 Å². The van der Waals surface area contributed by atoms with Crippen LogP contribution in [0, 0.1) is 18.6 Å². The molecule has 2 aromatic rings. The van der Waals surface area contributed by atoms with Gasteiger partial charge in [0.1, 0.15) is 11.6 Å². The summed E-state index contributed by atoms with van der Waals surface area (Å²) in [5, 5.41) is 2.60. The van der Waals surface area contributed by atoms with Crippen LogP contribution in [-0.4, -0.2) is 5.91 Å². The van der Waals surface area contributed by atoms with Crippen LogP contribution in [0.3, 0.4) is 0 Å². The van der Waals surface area contributed by atoms with E-state index in [9.17, 15) is 13.6 Å². The van der Waals surface area contributed by atoms with Crippen LogP contribution in [0.25, 0.3) is 0 Å². The summed E-state index contributed by atoms with van der Waals surface area (Å²) in [7, 11) is 0. The molecule has 2 aromatic carbocycles. The van der Waals surface area contributed by atoms with E-state index in [0.29, 0.717) is 20.2 Å². The van der Waals surface area contributed by atoms with Crippen LogP contribution in [0.15, 0.2) is 39.3 Å². The molecule has 1 amide bonds. The van der Waals surface area contributed by atoms with Gasteiger partial charge < -0.3 is 5.32 Å². The standard InChI is InChI=1S/C14H9Br2F2NO/c1-7-4-11(16)12(18)6-13(7)19-14(20)9-3-2-8(17)5-10(9)15/h2-6H,1H3,(H,19,20). The molecule has 2 rings (SSSR count). The van der Waals surface area contributed by atoms with Crippen molar-refractivity contribution in [3.63, 3.8) is 0 Å². The molecule has 0 saturated carbocycles. The molecule has 2 nitrogen and oxygen atoms in total. The van der Waals surface area contributed by atoms with E-state index in [1.807, 2.05) is 0 Å². The van der Waals surface area contributed by atoms with Crippen molar-refractivity contribution in [1.82, 2.24) is 0 Å². The lowest BCUT2D eigenvalue weighted by atomic mass is 10.1. The van der Waals surface area contributed by atoms with Crippen molar-refractivity contribution in [3.8, 4) is 0 Å². The number of carbonyl (C=O) groups excluding carboxylic acids is 1. The maximum atomic E-state index is 13.5. The molecule has 0 aromatic heterocycles. The molecule has 0 aliphatic rings. The lowest BCUT2D eigenvalue weighted by Crippen LogP contribution is -2.13. The van der Waals surface area contributed by atoms with E-state index >= 15 is 0 Å². The maximum Gasteiger partial charge on any atom is 0.256 e. The summed E-state index contributed by atoms with van der Waals surface area (Å²) >= 11 is 6.20. The quantitative estimate of drug-likeness (QED) is 0.745. The molecule has 0 aliphatic carbocycles. The molecule has 0 atom stereocenters. The minimum Gasteiger partial charge on any atom is -0.322 e. The Hall–Kier alpha value is -1.27. The highest BCUT2D eigenvalue weighted by atomic mass is 79.9. The van der Waals surface area contributed by atoms with Gasteiger partial charge >= 0.3 is 0 Å². The fourth-order valence-electron chi connectivity index (χ4n) is 1.64. The van der Waals surface area contributed by atoms with Crippen LogP contribution in [0.4, 0.5) is 14.5 Å². The molecular weight excluding hydrogens is 396 g/mol. The number of nitrogens with one attached hydrogen (secondary N) is 1. The molecule has 20 heavy (non-hydrogen) atoms. The van der Waals surface area contributed by atoms with Crippen molar-refractivity contribution in [2.24, 2.45) is 0 Å². The predicted octanol–water partition coefficient (Wildman–Crippen LogP) is 5.05. The van der Waals surface area contributed by atoms with Gasteiger partial charge in [0.2, 0.25) is 0 Å². The van der Waals surface area contributed by atoms with E-state index in [1.54, 1.807) is 13.0 Å². The normalized spacial score (nSPS) is 10.4. The Kier molecular flexibility index (Phi) is 4.55. The summed E-state index contributed by atoms with van der Waals surface area (Å²) in [6.07, 6.45) is 0. The van der Waals surface area contributed by atoms with Crippen LogP contribution in [0.5, 0.6) is 0 Å². The van der Waals surface area contributed by atoms with Crippen LogP contribution >= 0.6 is 31.9 Å². The number of anilines is 1. The van der Waals surface area contributed by atoms with Crippen LogP contribution in [0.2, 0.25) is 0 Å². The monoisotopic (exact) mass is 403 g/mol. The molecule has 0 saturated heterocycles. The largest absolute Gasteiger partial charge is 0.322 e. The van der Waals surface area contributed by atoms with Crippen molar-refractivity contribution >= 4 is 43.5 Å². The SMILES string of the molecule is Cc1cc(Br)c(F)cc1NC(=O)c1ccc(F)cc1Br. The third-order valence-electron chi connectivity index (χ3n) is 2.69. The first-order chi connectivity index (χ1) is 9.38. The van der Waals surface area contributed by atoms with E-state index < -0.39 is 17.5 Å². The average molecular weight is 405 g/mol. The summed E-state index contributed by atoms with van der Waals surface area (Å²) in [6.45, 7) is 1.75. The average Bonchev–Trinajstić information content (AvgIpc) is 2.35. The van der Waals surface area contributed by atoms with E-state index in [-0.39, 0.29) is 5.56 Å². The number of aryl methyl sites for hydroxylation is 1. The van der Waals surface area contributed by atoms with Crippen molar-refractivity contribution in [1.29, 1.82) is 0 Å². The van der Waals surface area contributed by atoms with E-state index in [2.05, 4.69) is 37.2 Å². The predicted molar refractivity (Wildman–Crippen MR) is 80.9 cm³/mol. The molecular formula is C14H9Br2F2NO. The lowest BCUT2D eigenvalue weighted by Gasteiger charge is -2.10. The molecule has 0 radical (unpaired) electrons.